The maximum absolute atomic E-state index is 12.3. The molecule has 3 N–H and O–H groups in total. The van der Waals surface area contributed by atoms with E-state index in [1.54, 1.807) is 19.2 Å². The second-order valence-corrected chi connectivity index (χ2v) is 9.56. The van der Waals surface area contributed by atoms with Crippen LogP contribution in [-0.2, 0) is 24.2 Å². The Balaban J connectivity index is 1.63. The molecule has 0 amide bonds. The molecular weight excluding hydrogens is 448 g/mol. The predicted octanol–water partition coefficient (Wildman–Crippen LogP) is 1.97. The van der Waals surface area contributed by atoms with E-state index in [0.29, 0.717) is 49.8 Å². The van der Waals surface area contributed by atoms with Crippen LogP contribution >= 0.6 is 0 Å². The Morgan fingerprint density at radius 1 is 1.30 bits per heavy atom. The number of rotatable bonds is 11. The molecule has 12 heteroatoms. The molecule has 0 radical (unpaired) electrons. The van der Waals surface area contributed by atoms with Gasteiger partial charge in [0.2, 0.25) is 16.0 Å². The predicted molar refractivity (Wildman–Crippen MR) is 122 cm³/mol. The Kier molecular flexibility index (Phi) is 8.17. The van der Waals surface area contributed by atoms with Crippen LogP contribution in [-0.4, -0.2) is 63.7 Å². The molecule has 33 heavy (non-hydrogen) atoms. The molecular formula is C21H28N6O5S. The number of methoxy groups -OCH3 is 1. The minimum Gasteiger partial charge on any atom is -0.385 e. The third-order valence-corrected chi connectivity index (χ3v) is 6.19. The molecule has 178 valence electrons. The minimum atomic E-state index is -3.60. The van der Waals surface area contributed by atoms with Gasteiger partial charge in [0.25, 0.3) is 0 Å². The molecule has 1 atom stereocenters. The van der Waals surface area contributed by atoms with Crippen molar-refractivity contribution >= 4 is 27.5 Å². The number of ether oxygens (including phenoxy) is 3. The van der Waals surface area contributed by atoms with Crippen LogP contribution in [0.15, 0.2) is 35.4 Å². The highest BCUT2D eigenvalue weighted by atomic mass is 32.2. The summed E-state index contributed by atoms with van der Waals surface area (Å²) in [5, 5.41) is 15.5. The second kappa shape index (κ2) is 10.9. The first-order chi connectivity index (χ1) is 15.7. The van der Waals surface area contributed by atoms with E-state index in [4.69, 9.17) is 14.2 Å². The van der Waals surface area contributed by atoms with Crippen molar-refractivity contribution in [2.75, 3.05) is 44.0 Å². The van der Waals surface area contributed by atoms with Crippen molar-refractivity contribution in [2.45, 2.75) is 37.1 Å². The number of nitriles is 1. The van der Waals surface area contributed by atoms with Crippen LogP contribution in [0.3, 0.4) is 0 Å². The van der Waals surface area contributed by atoms with Gasteiger partial charge in [0.05, 0.1) is 17.7 Å². The number of nitrogens with one attached hydrogen (secondary N) is 3. The summed E-state index contributed by atoms with van der Waals surface area (Å²) in [7, 11) is -2.04. The maximum atomic E-state index is 12.3. The quantitative estimate of drug-likeness (QED) is 0.411. The molecule has 0 aliphatic carbocycles. The van der Waals surface area contributed by atoms with Gasteiger partial charge in [-0.25, -0.2) is 18.1 Å². The summed E-state index contributed by atoms with van der Waals surface area (Å²) in [6.45, 7) is 5.31. The third kappa shape index (κ3) is 7.08. The van der Waals surface area contributed by atoms with E-state index in [0.717, 1.165) is 0 Å². The fourth-order valence-corrected chi connectivity index (χ4v) is 4.16. The number of aromatic nitrogens is 2. The lowest BCUT2D eigenvalue weighted by Crippen LogP contribution is -2.26. The van der Waals surface area contributed by atoms with Crippen molar-refractivity contribution in [3.05, 3.63) is 36.0 Å². The fourth-order valence-electron chi connectivity index (χ4n) is 3.09. The lowest BCUT2D eigenvalue weighted by atomic mass is 10.3. The molecule has 1 aromatic carbocycles. The fraction of sp³-hybridized carbons (Fsp3) is 0.476. The standard InChI is InChI=1S/C21H28N6O5S/c1-21(2)31-14-17(32-21)13-23-19-15(11-22)12-24-20(27-19)26-16-5-7-18(8-6-16)33(28,29)25-9-4-10-30-3/h5-8,12,17,25H,4,9-10,13-14H2,1-3H3,(H2,23,24,26,27). The van der Waals surface area contributed by atoms with Gasteiger partial charge in [-0.05, 0) is 44.5 Å². The third-order valence-electron chi connectivity index (χ3n) is 4.71. The van der Waals surface area contributed by atoms with Crippen LogP contribution in [0, 0.1) is 11.3 Å². The first-order valence-corrected chi connectivity index (χ1v) is 11.9. The largest absolute Gasteiger partial charge is 0.385 e. The molecule has 2 heterocycles. The summed E-state index contributed by atoms with van der Waals surface area (Å²) in [4.78, 5) is 8.67. The molecule has 1 aliphatic rings. The summed E-state index contributed by atoms with van der Waals surface area (Å²) in [6.07, 6.45) is 1.83. The van der Waals surface area contributed by atoms with Crippen molar-refractivity contribution in [3.8, 4) is 6.07 Å². The van der Waals surface area contributed by atoms with E-state index in [1.807, 2.05) is 13.8 Å². The zero-order chi connectivity index (χ0) is 23.9. The lowest BCUT2D eigenvalue weighted by molar-refractivity contribution is -0.136. The summed E-state index contributed by atoms with van der Waals surface area (Å²) >= 11 is 0. The average Bonchev–Trinajstić information content (AvgIpc) is 3.14. The molecule has 0 bridgehead atoms. The molecule has 1 aliphatic heterocycles. The zero-order valence-electron chi connectivity index (χ0n) is 18.8. The van der Waals surface area contributed by atoms with Crippen LogP contribution in [0.2, 0.25) is 0 Å². The number of nitrogens with zero attached hydrogens (tertiary/aromatic N) is 3. The minimum absolute atomic E-state index is 0.148. The number of hydrogen-bond acceptors (Lipinski definition) is 10. The SMILES string of the molecule is COCCCNS(=O)(=O)c1ccc(Nc2ncc(C#N)c(NCC3COC(C)(C)O3)n2)cc1. The lowest BCUT2D eigenvalue weighted by Gasteiger charge is -2.17. The van der Waals surface area contributed by atoms with E-state index in [-0.39, 0.29) is 16.9 Å². The van der Waals surface area contributed by atoms with Gasteiger partial charge in [-0.3, -0.25) is 0 Å². The van der Waals surface area contributed by atoms with E-state index in [2.05, 4.69) is 31.4 Å². The molecule has 3 rings (SSSR count). The summed E-state index contributed by atoms with van der Waals surface area (Å²) in [5.74, 6) is -0.0153. The van der Waals surface area contributed by atoms with Gasteiger partial charge in [0, 0.05) is 32.5 Å². The number of benzene rings is 1. The van der Waals surface area contributed by atoms with Gasteiger partial charge in [-0.2, -0.15) is 10.2 Å². The molecule has 1 aromatic heterocycles. The monoisotopic (exact) mass is 476 g/mol. The van der Waals surface area contributed by atoms with Crippen molar-refractivity contribution in [1.29, 1.82) is 5.26 Å². The van der Waals surface area contributed by atoms with Gasteiger partial charge in [0.1, 0.15) is 23.6 Å². The highest BCUT2D eigenvalue weighted by Gasteiger charge is 2.32. The zero-order valence-corrected chi connectivity index (χ0v) is 19.6. The second-order valence-electron chi connectivity index (χ2n) is 7.79. The van der Waals surface area contributed by atoms with Gasteiger partial charge in [0.15, 0.2) is 5.79 Å². The normalized spacial score (nSPS) is 17.5. The molecule has 2 aromatic rings. The van der Waals surface area contributed by atoms with Crippen LogP contribution in [0.25, 0.3) is 0 Å². The van der Waals surface area contributed by atoms with Gasteiger partial charge in [-0.1, -0.05) is 0 Å². The summed E-state index contributed by atoms with van der Waals surface area (Å²) < 4.78 is 43.4. The molecule has 11 nitrogen and oxygen atoms in total. The van der Waals surface area contributed by atoms with Gasteiger partial charge in [-0.15, -0.1) is 0 Å². The first-order valence-electron chi connectivity index (χ1n) is 10.4. The van der Waals surface area contributed by atoms with Crippen molar-refractivity contribution in [3.63, 3.8) is 0 Å². The van der Waals surface area contributed by atoms with Crippen molar-refractivity contribution < 1.29 is 22.6 Å². The van der Waals surface area contributed by atoms with Crippen LogP contribution in [0.1, 0.15) is 25.8 Å². The van der Waals surface area contributed by atoms with Gasteiger partial charge < -0.3 is 24.8 Å². The van der Waals surface area contributed by atoms with E-state index in [1.165, 1.54) is 18.3 Å². The molecule has 1 fully saturated rings. The molecule has 1 saturated heterocycles. The first kappa shape index (κ1) is 24.8. The van der Waals surface area contributed by atoms with Gasteiger partial charge >= 0.3 is 0 Å². The number of sulfonamides is 1. The smallest absolute Gasteiger partial charge is 0.240 e. The summed E-state index contributed by atoms with van der Waals surface area (Å²) in [6, 6.07) is 8.27. The van der Waals surface area contributed by atoms with Crippen LogP contribution in [0.4, 0.5) is 17.5 Å². The highest BCUT2D eigenvalue weighted by molar-refractivity contribution is 7.89. The van der Waals surface area contributed by atoms with E-state index in [9.17, 15) is 13.7 Å². The maximum Gasteiger partial charge on any atom is 0.240 e. The van der Waals surface area contributed by atoms with Crippen LogP contribution in [0.5, 0.6) is 0 Å². The Bertz CT molecular complexity index is 1090. The molecule has 1 unspecified atom stereocenters. The van der Waals surface area contributed by atoms with Crippen molar-refractivity contribution in [1.82, 2.24) is 14.7 Å². The Morgan fingerprint density at radius 3 is 2.70 bits per heavy atom. The Morgan fingerprint density at radius 2 is 2.06 bits per heavy atom. The summed E-state index contributed by atoms with van der Waals surface area (Å²) in [5.41, 5.74) is 0.887. The van der Waals surface area contributed by atoms with Crippen molar-refractivity contribution in [2.24, 2.45) is 0 Å². The average molecular weight is 477 g/mol. The van der Waals surface area contributed by atoms with E-state index < -0.39 is 15.8 Å². The number of anilines is 3. The molecule has 0 spiro atoms. The highest BCUT2D eigenvalue weighted by Crippen LogP contribution is 2.23. The van der Waals surface area contributed by atoms with E-state index >= 15 is 0 Å². The Hall–Kier alpha value is -2.82. The topological polar surface area (TPSA) is 147 Å². The molecule has 0 saturated carbocycles. The van der Waals surface area contributed by atoms with Crippen LogP contribution < -0.4 is 15.4 Å². The number of hydrogen-bond donors (Lipinski definition) is 3. The Labute approximate surface area is 193 Å².